The zero-order valence-electron chi connectivity index (χ0n) is 9.08. The van der Waals surface area contributed by atoms with Gasteiger partial charge in [0.2, 0.25) is 0 Å². The van der Waals surface area contributed by atoms with Crippen molar-refractivity contribution in [2.45, 2.75) is 13.0 Å². The molecule has 1 aromatic rings. The van der Waals surface area contributed by atoms with Gasteiger partial charge in [-0.05, 0) is 6.92 Å². The van der Waals surface area contributed by atoms with Crippen LogP contribution in [0.25, 0.3) is 0 Å². The van der Waals surface area contributed by atoms with E-state index in [-0.39, 0.29) is 12.3 Å². The third kappa shape index (κ3) is 2.69. The first kappa shape index (κ1) is 12.9. The molecule has 0 saturated heterocycles. The van der Waals surface area contributed by atoms with Crippen LogP contribution in [0, 0.1) is 10.1 Å². The number of nitrogens with zero attached hydrogens (tertiary/aromatic N) is 2. The Morgan fingerprint density at radius 2 is 2.31 bits per heavy atom. The summed E-state index contributed by atoms with van der Waals surface area (Å²) >= 11 is 1.17. The van der Waals surface area contributed by atoms with Gasteiger partial charge in [-0.15, -0.1) is 11.3 Å². The number of likely N-dealkylation sites (N-methyl/N-ethyl adjacent to an activating group) is 1. The Labute approximate surface area is 96.9 Å². The SMILES string of the molecule is CC(O)c1cc([N+](=O)[O-])c(N(C)CCO)s1. The summed E-state index contributed by atoms with van der Waals surface area (Å²) in [6.45, 7) is 1.81. The second-order valence-electron chi connectivity index (χ2n) is 3.42. The number of aliphatic hydroxyl groups excluding tert-OH is 2. The van der Waals surface area contributed by atoms with E-state index >= 15 is 0 Å². The molecule has 0 aliphatic rings. The minimum Gasteiger partial charge on any atom is -0.395 e. The first-order chi connectivity index (χ1) is 7.47. The molecule has 1 unspecified atom stereocenters. The van der Waals surface area contributed by atoms with Crippen molar-refractivity contribution in [1.82, 2.24) is 0 Å². The minimum atomic E-state index is -0.722. The maximum atomic E-state index is 10.8. The number of anilines is 1. The molecule has 0 spiro atoms. The summed E-state index contributed by atoms with van der Waals surface area (Å²) in [5.41, 5.74) is -0.0307. The van der Waals surface area contributed by atoms with Gasteiger partial charge in [0, 0.05) is 24.5 Å². The fourth-order valence-electron chi connectivity index (χ4n) is 1.25. The van der Waals surface area contributed by atoms with Gasteiger partial charge in [0.05, 0.1) is 17.6 Å². The third-order valence-corrected chi connectivity index (χ3v) is 3.51. The maximum absolute atomic E-state index is 10.8. The lowest BCUT2D eigenvalue weighted by molar-refractivity contribution is -0.383. The van der Waals surface area contributed by atoms with Gasteiger partial charge in [-0.2, -0.15) is 0 Å². The summed E-state index contributed by atoms with van der Waals surface area (Å²) in [4.78, 5) is 12.5. The van der Waals surface area contributed by atoms with Crippen molar-refractivity contribution >= 4 is 22.0 Å². The molecule has 1 heterocycles. The zero-order valence-corrected chi connectivity index (χ0v) is 9.90. The lowest BCUT2D eigenvalue weighted by atomic mass is 10.3. The van der Waals surface area contributed by atoms with Crippen LogP contribution in [-0.2, 0) is 0 Å². The van der Waals surface area contributed by atoms with Gasteiger partial charge in [-0.3, -0.25) is 10.1 Å². The fraction of sp³-hybridized carbons (Fsp3) is 0.556. The zero-order chi connectivity index (χ0) is 12.3. The lowest BCUT2D eigenvalue weighted by Crippen LogP contribution is -2.20. The number of rotatable bonds is 5. The van der Waals surface area contributed by atoms with Gasteiger partial charge in [0.25, 0.3) is 0 Å². The monoisotopic (exact) mass is 246 g/mol. The molecule has 0 bridgehead atoms. The Balaban J connectivity index is 3.09. The molecule has 0 amide bonds. The molecule has 1 rings (SSSR count). The van der Waals surface area contributed by atoms with E-state index in [1.54, 1.807) is 18.9 Å². The molecule has 0 fully saturated rings. The molecule has 0 aliphatic heterocycles. The predicted molar refractivity (Wildman–Crippen MR) is 62.0 cm³/mol. The van der Waals surface area contributed by atoms with Crippen LogP contribution in [0.2, 0.25) is 0 Å². The Morgan fingerprint density at radius 1 is 1.69 bits per heavy atom. The quantitative estimate of drug-likeness (QED) is 0.601. The number of hydrogen-bond acceptors (Lipinski definition) is 6. The predicted octanol–water partition coefficient (Wildman–Crippen LogP) is 1.14. The van der Waals surface area contributed by atoms with Gasteiger partial charge in [-0.25, -0.2) is 0 Å². The van der Waals surface area contributed by atoms with E-state index in [2.05, 4.69) is 0 Å². The lowest BCUT2D eigenvalue weighted by Gasteiger charge is -2.14. The van der Waals surface area contributed by atoms with E-state index in [4.69, 9.17) is 5.11 Å². The summed E-state index contributed by atoms with van der Waals surface area (Å²) in [7, 11) is 1.67. The van der Waals surface area contributed by atoms with Crippen molar-refractivity contribution in [3.05, 3.63) is 21.1 Å². The highest BCUT2D eigenvalue weighted by atomic mass is 32.1. The van der Waals surface area contributed by atoms with Crippen LogP contribution in [-0.4, -0.2) is 35.3 Å². The van der Waals surface area contributed by atoms with Gasteiger partial charge < -0.3 is 15.1 Å². The van der Waals surface area contributed by atoms with Crippen LogP contribution in [0.5, 0.6) is 0 Å². The van der Waals surface area contributed by atoms with Crippen molar-refractivity contribution < 1.29 is 15.1 Å². The van der Waals surface area contributed by atoms with Crippen molar-refractivity contribution in [2.24, 2.45) is 0 Å². The average molecular weight is 246 g/mol. The smallest absolute Gasteiger partial charge is 0.304 e. The molecular formula is C9H14N2O4S. The van der Waals surface area contributed by atoms with Gasteiger partial charge >= 0.3 is 5.69 Å². The Morgan fingerprint density at radius 3 is 2.75 bits per heavy atom. The van der Waals surface area contributed by atoms with Gasteiger partial charge in [0.1, 0.15) is 0 Å². The van der Waals surface area contributed by atoms with Crippen molar-refractivity contribution in [3.63, 3.8) is 0 Å². The Hall–Kier alpha value is -1.18. The molecule has 0 aliphatic carbocycles. The summed E-state index contributed by atoms with van der Waals surface area (Å²) in [6, 6.07) is 1.37. The minimum absolute atomic E-state index is 0.0307. The normalized spacial score (nSPS) is 12.5. The van der Waals surface area contributed by atoms with Crippen LogP contribution in [0.4, 0.5) is 10.7 Å². The van der Waals surface area contributed by atoms with E-state index in [0.29, 0.717) is 16.4 Å². The highest BCUT2D eigenvalue weighted by Crippen LogP contribution is 2.39. The van der Waals surface area contributed by atoms with Crippen LogP contribution in [0.1, 0.15) is 17.9 Å². The summed E-state index contributed by atoms with van der Waals surface area (Å²) in [5, 5.41) is 29.4. The largest absolute Gasteiger partial charge is 0.395 e. The van der Waals surface area contributed by atoms with Crippen LogP contribution in [0.15, 0.2) is 6.07 Å². The fourth-order valence-corrected chi connectivity index (χ4v) is 2.30. The van der Waals surface area contributed by atoms with Gasteiger partial charge in [0.15, 0.2) is 5.00 Å². The Kier molecular flexibility index (Phi) is 4.22. The van der Waals surface area contributed by atoms with Crippen LogP contribution in [0.3, 0.4) is 0 Å². The molecule has 7 heteroatoms. The number of hydrogen-bond donors (Lipinski definition) is 2. The molecule has 16 heavy (non-hydrogen) atoms. The number of thiophene rings is 1. The molecule has 0 aromatic carbocycles. The molecule has 2 N–H and O–H groups in total. The van der Waals surface area contributed by atoms with E-state index in [1.807, 2.05) is 0 Å². The topological polar surface area (TPSA) is 86.8 Å². The highest BCUT2D eigenvalue weighted by Gasteiger charge is 2.23. The first-order valence-corrected chi connectivity index (χ1v) is 5.57. The van der Waals surface area contributed by atoms with Crippen molar-refractivity contribution in [3.8, 4) is 0 Å². The number of aliphatic hydroxyl groups is 2. The Bertz CT molecular complexity index is 378. The van der Waals surface area contributed by atoms with E-state index in [9.17, 15) is 15.2 Å². The summed E-state index contributed by atoms with van der Waals surface area (Å²) < 4.78 is 0. The molecule has 1 atom stereocenters. The third-order valence-electron chi connectivity index (χ3n) is 2.10. The molecule has 0 radical (unpaired) electrons. The van der Waals surface area contributed by atoms with E-state index in [0.717, 1.165) is 0 Å². The molecule has 90 valence electrons. The van der Waals surface area contributed by atoms with E-state index in [1.165, 1.54) is 17.4 Å². The second kappa shape index (κ2) is 5.24. The summed E-state index contributed by atoms with van der Waals surface area (Å²) in [6.07, 6.45) is -0.722. The van der Waals surface area contributed by atoms with Crippen molar-refractivity contribution in [1.29, 1.82) is 0 Å². The van der Waals surface area contributed by atoms with Crippen molar-refractivity contribution in [2.75, 3.05) is 25.1 Å². The van der Waals surface area contributed by atoms with Gasteiger partial charge in [-0.1, -0.05) is 0 Å². The highest BCUT2D eigenvalue weighted by molar-refractivity contribution is 7.16. The standard InChI is InChI=1S/C9H14N2O4S/c1-6(13)8-5-7(11(14)15)9(16-8)10(2)3-4-12/h5-6,12-13H,3-4H2,1-2H3. The molecular weight excluding hydrogens is 232 g/mol. The maximum Gasteiger partial charge on any atom is 0.304 e. The van der Waals surface area contributed by atoms with Crippen LogP contribution >= 0.6 is 11.3 Å². The van der Waals surface area contributed by atoms with E-state index < -0.39 is 11.0 Å². The molecule has 0 saturated carbocycles. The van der Waals surface area contributed by atoms with Crippen LogP contribution < -0.4 is 4.90 Å². The summed E-state index contributed by atoms with van der Waals surface area (Å²) in [5.74, 6) is 0. The first-order valence-electron chi connectivity index (χ1n) is 4.75. The number of nitro groups is 1. The molecule has 6 nitrogen and oxygen atoms in total. The average Bonchev–Trinajstić information content (AvgIpc) is 2.62. The second-order valence-corrected chi connectivity index (χ2v) is 4.48. The molecule has 1 aromatic heterocycles.